The van der Waals surface area contributed by atoms with Crippen LogP contribution in [0.25, 0.3) is 6.08 Å². The molecule has 0 amide bonds. The van der Waals surface area contributed by atoms with Gasteiger partial charge in [0.25, 0.3) is 10.0 Å². The number of carbonyl (C=O) groups excluding carboxylic acids is 2. The Morgan fingerprint density at radius 3 is 2.24 bits per heavy atom. The van der Waals surface area contributed by atoms with E-state index < -0.39 is 16.0 Å². The summed E-state index contributed by atoms with van der Waals surface area (Å²) in [6, 6.07) is 18.4. The minimum Gasteiger partial charge on any atom is -0.464 e. The zero-order chi connectivity index (χ0) is 20.9. The fourth-order valence-electron chi connectivity index (χ4n) is 2.76. The number of ether oxygens (including phenoxy) is 1. The van der Waals surface area contributed by atoms with Gasteiger partial charge in [-0.1, -0.05) is 48.5 Å². The SMILES string of the molecule is COC(=O)c1cc(/C=C/C(=O)Cc2ccccc2)cn1S(=O)(=O)c1ccccc1. The summed E-state index contributed by atoms with van der Waals surface area (Å²) in [6.45, 7) is 0. The normalized spacial score (nSPS) is 11.5. The Labute approximate surface area is 169 Å². The van der Waals surface area contributed by atoms with Crippen molar-refractivity contribution in [3.8, 4) is 0 Å². The van der Waals surface area contributed by atoms with Gasteiger partial charge in [0.15, 0.2) is 5.78 Å². The van der Waals surface area contributed by atoms with E-state index in [4.69, 9.17) is 4.74 Å². The molecule has 0 radical (unpaired) electrons. The molecule has 0 fully saturated rings. The molecule has 0 saturated heterocycles. The maximum atomic E-state index is 12.9. The van der Waals surface area contributed by atoms with Crippen molar-refractivity contribution in [3.63, 3.8) is 0 Å². The van der Waals surface area contributed by atoms with Crippen LogP contribution in [0.2, 0.25) is 0 Å². The molecule has 0 spiro atoms. The first-order valence-corrected chi connectivity index (χ1v) is 10.2. The molecule has 3 rings (SSSR count). The molecule has 0 atom stereocenters. The van der Waals surface area contributed by atoms with Gasteiger partial charge in [0, 0.05) is 12.6 Å². The maximum Gasteiger partial charge on any atom is 0.355 e. The number of esters is 1. The van der Waals surface area contributed by atoms with E-state index in [9.17, 15) is 18.0 Å². The number of rotatable bonds is 7. The highest BCUT2D eigenvalue weighted by atomic mass is 32.2. The molecule has 6 nitrogen and oxygen atoms in total. The summed E-state index contributed by atoms with van der Waals surface area (Å²) in [6.07, 6.45) is 4.36. The van der Waals surface area contributed by atoms with Crippen LogP contribution in [0.1, 0.15) is 21.6 Å². The standard InChI is InChI=1S/C22H19NO5S/c1-28-22(25)21-15-18(12-13-19(24)14-17-8-4-2-5-9-17)16-23(21)29(26,27)20-10-6-3-7-11-20/h2-13,15-16H,14H2,1H3/b13-12+. The van der Waals surface area contributed by atoms with E-state index in [0.717, 1.165) is 9.54 Å². The van der Waals surface area contributed by atoms with Crippen molar-refractivity contribution in [3.05, 3.63) is 95.8 Å². The van der Waals surface area contributed by atoms with Crippen LogP contribution in [0.3, 0.4) is 0 Å². The van der Waals surface area contributed by atoms with Crippen molar-refractivity contribution in [1.29, 1.82) is 0 Å². The number of methoxy groups -OCH3 is 1. The Kier molecular flexibility index (Phi) is 6.09. The van der Waals surface area contributed by atoms with E-state index in [-0.39, 0.29) is 22.8 Å². The number of ketones is 1. The number of allylic oxidation sites excluding steroid dienone is 1. The molecule has 0 saturated carbocycles. The fourth-order valence-corrected chi connectivity index (χ4v) is 4.13. The predicted molar refractivity (Wildman–Crippen MR) is 109 cm³/mol. The van der Waals surface area contributed by atoms with E-state index in [1.165, 1.54) is 43.7 Å². The molecule has 29 heavy (non-hydrogen) atoms. The van der Waals surface area contributed by atoms with Crippen LogP contribution >= 0.6 is 0 Å². The number of carbonyl (C=O) groups is 2. The molecular weight excluding hydrogens is 390 g/mol. The van der Waals surface area contributed by atoms with Gasteiger partial charge >= 0.3 is 5.97 Å². The molecular formula is C22H19NO5S. The highest BCUT2D eigenvalue weighted by Crippen LogP contribution is 2.20. The summed E-state index contributed by atoms with van der Waals surface area (Å²) in [5.41, 5.74) is 1.12. The van der Waals surface area contributed by atoms with E-state index in [1.807, 2.05) is 30.3 Å². The van der Waals surface area contributed by atoms with Crippen molar-refractivity contribution < 1.29 is 22.7 Å². The Morgan fingerprint density at radius 2 is 1.62 bits per heavy atom. The Bertz CT molecular complexity index is 1150. The lowest BCUT2D eigenvalue weighted by atomic mass is 10.1. The zero-order valence-electron chi connectivity index (χ0n) is 15.7. The Balaban J connectivity index is 1.91. The Morgan fingerprint density at radius 1 is 1.00 bits per heavy atom. The summed E-state index contributed by atoms with van der Waals surface area (Å²) in [7, 11) is -2.82. The average Bonchev–Trinajstić information content (AvgIpc) is 3.18. The third-order valence-corrected chi connectivity index (χ3v) is 5.87. The number of hydrogen-bond donors (Lipinski definition) is 0. The van der Waals surface area contributed by atoms with Gasteiger partial charge in [-0.2, -0.15) is 0 Å². The van der Waals surface area contributed by atoms with E-state index in [0.29, 0.717) is 5.56 Å². The minimum atomic E-state index is -3.99. The van der Waals surface area contributed by atoms with Gasteiger partial charge in [0.05, 0.1) is 12.0 Å². The van der Waals surface area contributed by atoms with Crippen LogP contribution in [0.15, 0.2) is 83.9 Å². The molecule has 3 aromatic rings. The maximum absolute atomic E-state index is 12.9. The lowest BCUT2D eigenvalue weighted by Gasteiger charge is -2.08. The van der Waals surface area contributed by atoms with Crippen LogP contribution in [0.5, 0.6) is 0 Å². The van der Waals surface area contributed by atoms with Gasteiger partial charge in [-0.05, 0) is 41.5 Å². The van der Waals surface area contributed by atoms with Gasteiger partial charge in [-0.3, -0.25) is 4.79 Å². The lowest BCUT2D eigenvalue weighted by molar-refractivity contribution is -0.113. The molecule has 148 valence electrons. The quantitative estimate of drug-likeness (QED) is 0.442. The first kappa shape index (κ1) is 20.3. The third-order valence-electron chi connectivity index (χ3n) is 4.18. The predicted octanol–water partition coefficient (Wildman–Crippen LogP) is 3.34. The monoisotopic (exact) mass is 409 g/mol. The van der Waals surface area contributed by atoms with Crippen molar-refractivity contribution in [2.75, 3.05) is 7.11 Å². The fraction of sp³-hybridized carbons (Fsp3) is 0.0909. The smallest absolute Gasteiger partial charge is 0.355 e. The van der Waals surface area contributed by atoms with Gasteiger partial charge < -0.3 is 4.74 Å². The second kappa shape index (κ2) is 8.70. The second-order valence-electron chi connectivity index (χ2n) is 6.23. The summed E-state index contributed by atoms with van der Waals surface area (Å²) >= 11 is 0. The lowest BCUT2D eigenvalue weighted by Crippen LogP contribution is -2.18. The second-order valence-corrected chi connectivity index (χ2v) is 8.04. The van der Waals surface area contributed by atoms with Crippen molar-refractivity contribution in [2.45, 2.75) is 11.3 Å². The summed E-state index contributed by atoms with van der Waals surface area (Å²) in [5.74, 6) is -0.936. The molecule has 0 unspecified atom stereocenters. The first-order valence-electron chi connectivity index (χ1n) is 8.78. The van der Waals surface area contributed by atoms with Gasteiger partial charge in [-0.25, -0.2) is 17.2 Å². The first-order chi connectivity index (χ1) is 13.9. The summed E-state index contributed by atoms with van der Waals surface area (Å²) < 4.78 is 31.4. The molecule has 0 aliphatic carbocycles. The van der Waals surface area contributed by atoms with Gasteiger partial charge in [0.2, 0.25) is 0 Å². The minimum absolute atomic E-state index is 0.0384. The van der Waals surface area contributed by atoms with Crippen molar-refractivity contribution in [1.82, 2.24) is 3.97 Å². The van der Waals surface area contributed by atoms with Crippen molar-refractivity contribution in [2.24, 2.45) is 0 Å². The summed E-state index contributed by atoms with van der Waals surface area (Å²) in [4.78, 5) is 24.3. The molecule has 2 aromatic carbocycles. The molecule has 1 heterocycles. The van der Waals surface area contributed by atoms with Crippen LogP contribution in [-0.2, 0) is 26.0 Å². The average molecular weight is 409 g/mol. The summed E-state index contributed by atoms with van der Waals surface area (Å²) in [5, 5.41) is 0. The molecule has 7 heteroatoms. The van der Waals surface area contributed by atoms with E-state index in [1.54, 1.807) is 18.2 Å². The molecule has 0 N–H and O–H groups in total. The van der Waals surface area contributed by atoms with Crippen molar-refractivity contribution >= 4 is 27.9 Å². The molecule has 0 bridgehead atoms. The third kappa shape index (κ3) is 4.70. The van der Waals surface area contributed by atoms with Crippen LogP contribution in [-0.4, -0.2) is 31.3 Å². The van der Waals surface area contributed by atoms with Gasteiger partial charge in [0.1, 0.15) is 5.69 Å². The molecule has 0 aliphatic rings. The van der Waals surface area contributed by atoms with Crippen LogP contribution in [0.4, 0.5) is 0 Å². The Hall–Kier alpha value is -3.45. The topological polar surface area (TPSA) is 82.4 Å². The number of nitrogens with zero attached hydrogens (tertiary/aromatic N) is 1. The molecule has 1 aromatic heterocycles. The molecule has 0 aliphatic heterocycles. The number of benzene rings is 2. The van der Waals surface area contributed by atoms with E-state index in [2.05, 4.69) is 0 Å². The number of aromatic nitrogens is 1. The largest absolute Gasteiger partial charge is 0.464 e. The zero-order valence-corrected chi connectivity index (χ0v) is 16.5. The highest BCUT2D eigenvalue weighted by molar-refractivity contribution is 7.90. The highest BCUT2D eigenvalue weighted by Gasteiger charge is 2.24. The van der Waals surface area contributed by atoms with Crippen LogP contribution < -0.4 is 0 Å². The van der Waals surface area contributed by atoms with Crippen LogP contribution in [0, 0.1) is 0 Å². The van der Waals surface area contributed by atoms with E-state index >= 15 is 0 Å². The number of hydrogen-bond acceptors (Lipinski definition) is 5. The van der Waals surface area contributed by atoms with Gasteiger partial charge in [-0.15, -0.1) is 0 Å².